The van der Waals surface area contributed by atoms with Gasteiger partial charge in [-0.25, -0.2) is 4.79 Å². The highest BCUT2D eigenvalue weighted by atomic mass is 35.5. The van der Waals surface area contributed by atoms with Gasteiger partial charge in [-0.05, 0) is 36.8 Å². The number of carbonyl (C=O) groups is 1. The van der Waals surface area contributed by atoms with E-state index in [0.29, 0.717) is 11.3 Å². The number of aromatic hydroxyl groups is 1. The summed E-state index contributed by atoms with van der Waals surface area (Å²) < 4.78 is 37.7. The summed E-state index contributed by atoms with van der Waals surface area (Å²) in [6.07, 6.45) is -4.41. The molecule has 0 spiro atoms. The first-order valence-corrected chi connectivity index (χ1v) is 7.17. The van der Waals surface area contributed by atoms with Crippen molar-refractivity contribution in [3.63, 3.8) is 0 Å². The molecule has 4 nitrogen and oxygen atoms in total. The van der Waals surface area contributed by atoms with Crippen molar-refractivity contribution in [2.45, 2.75) is 19.1 Å². The number of nitrogens with one attached hydrogen (secondary N) is 1. The molecule has 0 saturated carbocycles. The van der Waals surface area contributed by atoms with Crippen LogP contribution in [0.1, 0.15) is 34.5 Å². The molecule has 128 valence electrons. The van der Waals surface area contributed by atoms with Crippen LogP contribution in [0.5, 0.6) is 5.75 Å². The molecule has 8 heteroatoms. The molecule has 0 aliphatic rings. The third kappa shape index (κ3) is 3.91. The number of benzene rings is 2. The number of aromatic carboxylic acids is 1. The molecular formula is C16H13ClF3NO3. The Labute approximate surface area is 140 Å². The van der Waals surface area contributed by atoms with Crippen molar-refractivity contribution in [2.75, 3.05) is 5.32 Å². The number of carboxylic acids is 1. The van der Waals surface area contributed by atoms with E-state index in [9.17, 15) is 23.1 Å². The monoisotopic (exact) mass is 359 g/mol. The molecule has 0 aromatic heterocycles. The maximum Gasteiger partial charge on any atom is 0.416 e. The molecule has 1 atom stereocenters. The van der Waals surface area contributed by atoms with Crippen LogP contribution in [-0.2, 0) is 6.18 Å². The van der Waals surface area contributed by atoms with Crippen LogP contribution in [0.25, 0.3) is 0 Å². The number of hydrogen-bond donors (Lipinski definition) is 3. The van der Waals surface area contributed by atoms with Gasteiger partial charge < -0.3 is 15.5 Å². The van der Waals surface area contributed by atoms with E-state index in [0.717, 1.165) is 12.1 Å². The van der Waals surface area contributed by atoms with Crippen LogP contribution in [0, 0.1) is 0 Å². The SMILES string of the molecule is CC(Nc1cc(Cl)c(O)c(C(=O)O)c1)c1ccc(C(F)(F)F)cc1. The van der Waals surface area contributed by atoms with E-state index in [1.807, 2.05) is 0 Å². The normalized spacial score (nSPS) is 12.7. The lowest BCUT2D eigenvalue weighted by atomic mass is 10.1. The Bertz CT molecular complexity index is 760. The predicted octanol–water partition coefficient (Wildman–Crippen LogP) is 4.94. The van der Waals surface area contributed by atoms with Crippen LogP contribution in [0.3, 0.4) is 0 Å². The molecule has 0 radical (unpaired) electrons. The summed E-state index contributed by atoms with van der Waals surface area (Å²) >= 11 is 5.79. The molecule has 2 rings (SSSR count). The predicted molar refractivity (Wildman–Crippen MR) is 83.6 cm³/mol. The number of alkyl halides is 3. The van der Waals surface area contributed by atoms with E-state index in [2.05, 4.69) is 5.32 Å². The van der Waals surface area contributed by atoms with Crippen LogP contribution in [0.4, 0.5) is 18.9 Å². The fourth-order valence-corrected chi connectivity index (χ4v) is 2.36. The van der Waals surface area contributed by atoms with E-state index in [1.54, 1.807) is 6.92 Å². The summed E-state index contributed by atoms with van der Waals surface area (Å²) in [7, 11) is 0. The number of phenols is 1. The minimum Gasteiger partial charge on any atom is -0.505 e. The zero-order valence-corrected chi connectivity index (χ0v) is 13.1. The van der Waals surface area contributed by atoms with Crippen LogP contribution >= 0.6 is 11.6 Å². The molecule has 1 unspecified atom stereocenters. The third-order valence-electron chi connectivity index (χ3n) is 3.41. The van der Waals surface area contributed by atoms with Gasteiger partial charge in [0, 0.05) is 11.7 Å². The van der Waals surface area contributed by atoms with E-state index in [4.69, 9.17) is 16.7 Å². The van der Waals surface area contributed by atoms with Crippen molar-refractivity contribution in [3.05, 3.63) is 58.1 Å². The van der Waals surface area contributed by atoms with Crippen molar-refractivity contribution >= 4 is 23.3 Å². The van der Waals surface area contributed by atoms with Crippen LogP contribution < -0.4 is 5.32 Å². The molecule has 0 bridgehead atoms. The first kappa shape index (κ1) is 17.9. The highest BCUT2D eigenvalue weighted by Crippen LogP contribution is 2.33. The van der Waals surface area contributed by atoms with Gasteiger partial charge in [-0.1, -0.05) is 23.7 Å². The number of anilines is 1. The van der Waals surface area contributed by atoms with Crippen molar-refractivity contribution in [1.82, 2.24) is 0 Å². The summed E-state index contributed by atoms with van der Waals surface area (Å²) in [6, 6.07) is 6.74. The number of carboxylic acid groups (broad SMARTS) is 1. The second-order valence-electron chi connectivity index (χ2n) is 5.15. The van der Waals surface area contributed by atoms with Gasteiger partial charge in [0.2, 0.25) is 0 Å². The Morgan fingerprint density at radius 3 is 2.29 bits per heavy atom. The minimum atomic E-state index is -4.41. The summed E-state index contributed by atoms with van der Waals surface area (Å²) in [5.74, 6) is -1.89. The first-order valence-electron chi connectivity index (χ1n) is 6.79. The molecule has 0 heterocycles. The van der Waals surface area contributed by atoms with Gasteiger partial charge in [0.15, 0.2) is 0 Å². The van der Waals surface area contributed by atoms with Gasteiger partial charge >= 0.3 is 12.1 Å². The Morgan fingerprint density at radius 1 is 1.21 bits per heavy atom. The zero-order chi connectivity index (χ0) is 18.1. The first-order chi connectivity index (χ1) is 11.1. The minimum absolute atomic E-state index is 0.142. The van der Waals surface area contributed by atoms with Gasteiger partial charge in [0.25, 0.3) is 0 Å². The zero-order valence-electron chi connectivity index (χ0n) is 12.4. The second-order valence-corrected chi connectivity index (χ2v) is 5.55. The van der Waals surface area contributed by atoms with E-state index in [-0.39, 0.29) is 10.6 Å². The van der Waals surface area contributed by atoms with Crippen LogP contribution in [0.2, 0.25) is 5.02 Å². The van der Waals surface area contributed by atoms with E-state index >= 15 is 0 Å². The number of hydrogen-bond acceptors (Lipinski definition) is 3. The smallest absolute Gasteiger partial charge is 0.416 e. The van der Waals surface area contributed by atoms with Crippen molar-refractivity contribution in [2.24, 2.45) is 0 Å². The summed E-state index contributed by atoms with van der Waals surface area (Å²) in [6.45, 7) is 1.70. The van der Waals surface area contributed by atoms with E-state index in [1.165, 1.54) is 24.3 Å². The van der Waals surface area contributed by atoms with Gasteiger partial charge in [0.1, 0.15) is 11.3 Å². The lowest BCUT2D eigenvalue weighted by molar-refractivity contribution is -0.137. The highest BCUT2D eigenvalue weighted by molar-refractivity contribution is 6.32. The Hall–Kier alpha value is -2.41. The summed E-state index contributed by atoms with van der Waals surface area (Å²) in [5.41, 5.74) is -0.226. The number of halogens is 4. The van der Waals surface area contributed by atoms with Gasteiger partial charge in [-0.15, -0.1) is 0 Å². The molecule has 24 heavy (non-hydrogen) atoms. The fourth-order valence-electron chi connectivity index (χ4n) is 2.14. The number of rotatable bonds is 4. The molecule has 0 fully saturated rings. The quantitative estimate of drug-likeness (QED) is 0.676. The van der Waals surface area contributed by atoms with Gasteiger partial charge in [-0.3, -0.25) is 0 Å². The van der Waals surface area contributed by atoms with E-state index < -0.39 is 29.5 Å². The van der Waals surface area contributed by atoms with Crippen molar-refractivity contribution in [1.29, 1.82) is 0 Å². The molecule has 0 saturated heterocycles. The van der Waals surface area contributed by atoms with Gasteiger partial charge in [0.05, 0.1) is 10.6 Å². The van der Waals surface area contributed by atoms with Crippen molar-refractivity contribution < 1.29 is 28.2 Å². The Kier molecular flexibility index (Phi) is 4.94. The average molecular weight is 360 g/mol. The molecular weight excluding hydrogens is 347 g/mol. The fraction of sp³-hybridized carbons (Fsp3) is 0.188. The van der Waals surface area contributed by atoms with Crippen LogP contribution in [-0.4, -0.2) is 16.2 Å². The standard InChI is InChI=1S/C16H13ClF3NO3/c1-8(9-2-4-10(5-3-9)16(18,19)20)21-11-6-12(15(23)24)14(22)13(17)7-11/h2-8,21-22H,1H3,(H,23,24). The Morgan fingerprint density at radius 2 is 1.79 bits per heavy atom. The van der Waals surface area contributed by atoms with Crippen LogP contribution in [0.15, 0.2) is 36.4 Å². The highest BCUT2D eigenvalue weighted by Gasteiger charge is 2.30. The molecule has 2 aromatic carbocycles. The summed E-state index contributed by atoms with van der Waals surface area (Å²) in [4.78, 5) is 11.1. The largest absolute Gasteiger partial charge is 0.505 e. The maximum absolute atomic E-state index is 12.6. The topological polar surface area (TPSA) is 69.6 Å². The Balaban J connectivity index is 2.23. The molecule has 2 aromatic rings. The lowest BCUT2D eigenvalue weighted by Crippen LogP contribution is -2.09. The molecule has 0 aliphatic heterocycles. The molecule has 0 aliphatic carbocycles. The van der Waals surface area contributed by atoms with Crippen molar-refractivity contribution in [3.8, 4) is 5.75 Å². The van der Waals surface area contributed by atoms with Gasteiger partial charge in [-0.2, -0.15) is 13.2 Å². The maximum atomic E-state index is 12.6. The molecule has 0 amide bonds. The summed E-state index contributed by atoms with van der Waals surface area (Å²) in [5, 5.41) is 21.4. The lowest BCUT2D eigenvalue weighted by Gasteiger charge is -2.17. The molecule has 3 N–H and O–H groups in total. The third-order valence-corrected chi connectivity index (χ3v) is 3.70. The average Bonchev–Trinajstić information content (AvgIpc) is 2.49. The second kappa shape index (κ2) is 6.60.